The van der Waals surface area contributed by atoms with Crippen LogP contribution in [0.2, 0.25) is 0 Å². The molecule has 0 radical (unpaired) electrons. The van der Waals surface area contributed by atoms with Crippen molar-refractivity contribution in [2.75, 3.05) is 6.61 Å². The fourth-order valence-electron chi connectivity index (χ4n) is 3.30. The molecule has 0 saturated heterocycles. The standard InChI is InChI=1S/C27H27N5O2S/c1-3-4-5-6-17-34-24-14-12-23(13-15-24)30-29-21-8-10-22(11-9-21)31-32-27-28-25-16-7-20(19(2)33)18-26(25)35-27/h7-16,18H,3-6,17H2,1-2H3. The molecule has 0 saturated carbocycles. The van der Waals surface area contributed by atoms with E-state index in [-0.39, 0.29) is 5.78 Å². The maximum absolute atomic E-state index is 11.6. The first-order chi connectivity index (χ1) is 17.1. The SMILES string of the molecule is CCCCCCOc1ccc(N=Nc2ccc(N=Nc3nc4ccc(C(C)=O)cc4s3)cc2)cc1. The number of benzene rings is 3. The van der Waals surface area contributed by atoms with Crippen molar-refractivity contribution in [2.24, 2.45) is 20.5 Å². The lowest BCUT2D eigenvalue weighted by molar-refractivity contribution is 0.101. The Balaban J connectivity index is 1.32. The van der Waals surface area contributed by atoms with E-state index >= 15 is 0 Å². The summed E-state index contributed by atoms with van der Waals surface area (Å²) in [5.41, 5.74) is 3.63. The smallest absolute Gasteiger partial charge is 0.231 e. The van der Waals surface area contributed by atoms with Gasteiger partial charge in [-0.2, -0.15) is 10.2 Å². The van der Waals surface area contributed by atoms with Gasteiger partial charge in [0.05, 0.1) is 33.9 Å². The van der Waals surface area contributed by atoms with Gasteiger partial charge in [-0.25, -0.2) is 4.98 Å². The van der Waals surface area contributed by atoms with Crippen molar-refractivity contribution >= 4 is 49.5 Å². The molecule has 0 unspecified atom stereocenters. The molecule has 0 N–H and O–H groups in total. The van der Waals surface area contributed by atoms with E-state index in [0.29, 0.717) is 16.4 Å². The van der Waals surface area contributed by atoms with E-state index < -0.39 is 0 Å². The summed E-state index contributed by atoms with van der Waals surface area (Å²) in [5, 5.41) is 17.6. The summed E-state index contributed by atoms with van der Waals surface area (Å²) in [4.78, 5) is 16.0. The van der Waals surface area contributed by atoms with Gasteiger partial charge in [0.1, 0.15) is 5.75 Å². The number of azo groups is 2. The summed E-state index contributed by atoms with van der Waals surface area (Å²) in [6.45, 7) is 4.49. The molecule has 0 fully saturated rings. The van der Waals surface area contributed by atoms with Crippen LogP contribution in [0.15, 0.2) is 87.2 Å². The van der Waals surface area contributed by atoms with Crippen LogP contribution in [0.25, 0.3) is 10.2 Å². The molecule has 1 heterocycles. The number of ether oxygens (including phenoxy) is 1. The van der Waals surface area contributed by atoms with Crippen molar-refractivity contribution in [2.45, 2.75) is 39.5 Å². The fraction of sp³-hybridized carbons (Fsp3) is 0.259. The quantitative estimate of drug-likeness (QED) is 0.120. The van der Waals surface area contributed by atoms with Gasteiger partial charge in [0.25, 0.3) is 0 Å². The third-order valence-electron chi connectivity index (χ3n) is 5.27. The number of thiazole rings is 1. The lowest BCUT2D eigenvalue weighted by Gasteiger charge is -2.05. The average molecular weight is 486 g/mol. The highest BCUT2D eigenvalue weighted by atomic mass is 32.1. The summed E-state index contributed by atoms with van der Waals surface area (Å²) in [6, 6.07) is 20.4. The van der Waals surface area contributed by atoms with Crippen LogP contribution in [0.1, 0.15) is 49.9 Å². The van der Waals surface area contributed by atoms with Crippen molar-refractivity contribution in [1.82, 2.24) is 4.98 Å². The summed E-state index contributed by atoms with van der Waals surface area (Å²) in [6.07, 6.45) is 4.75. The van der Waals surface area contributed by atoms with Gasteiger partial charge in [0, 0.05) is 5.56 Å². The van der Waals surface area contributed by atoms with Crippen molar-refractivity contribution in [1.29, 1.82) is 0 Å². The molecule has 0 aliphatic carbocycles. The number of nitrogens with zero attached hydrogens (tertiary/aromatic N) is 5. The molecule has 178 valence electrons. The number of ketones is 1. The molecule has 8 heteroatoms. The van der Waals surface area contributed by atoms with Crippen LogP contribution in [0.3, 0.4) is 0 Å². The first-order valence-electron chi connectivity index (χ1n) is 11.7. The Kier molecular flexibility index (Phi) is 8.40. The molecule has 4 rings (SSSR count). The summed E-state index contributed by atoms with van der Waals surface area (Å²) in [7, 11) is 0. The molecule has 4 aromatic rings. The topological polar surface area (TPSA) is 88.6 Å². The van der Waals surface area contributed by atoms with Gasteiger partial charge < -0.3 is 4.74 Å². The van der Waals surface area contributed by atoms with Crippen molar-refractivity contribution < 1.29 is 9.53 Å². The third kappa shape index (κ3) is 7.10. The lowest BCUT2D eigenvalue weighted by Crippen LogP contribution is -1.96. The average Bonchev–Trinajstić information content (AvgIpc) is 3.30. The largest absolute Gasteiger partial charge is 0.494 e. The summed E-state index contributed by atoms with van der Waals surface area (Å²) in [5.74, 6) is 0.877. The number of carbonyl (C=O) groups is 1. The molecule has 7 nitrogen and oxygen atoms in total. The predicted molar refractivity (Wildman–Crippen MR) is 140 cm³/mol. The normalized spacial score (nSPS) is 11.6. The lowest BCUT2D eigenvalue weighted by atomic mass is 10.1. The Morgan fingerprint density at radius 2 is 1.46 bits per heavy atom. The van der Waals surface area contributed by atoms with Crippen molar-refractivity contribution in [3.8, 4) is 5.75 Å². The first kappa shape index (κ1) is 24.3. The summed E-state index contributed by atoms with van der Waals surface area (Å²) >= 11 is 1.40. The minimum Gasteiger partial charge on any atom is -0.494 e. The van der Waals surface area contributed by atoms with E-state index in [0.717, 1.165) is 40.4 Å². The first-order valence-corrected chi connectivity index (χ1v) is 12.5. The molecule has 0 amide bonds. The van der Waals surface area contributed by atoms with E-state index in [1.165, 1.54) is 30.6 Å². The van der Waals surface area contributed by atoms with E-state index in [4.69, 9.17) is 4.74 Å². The monoisotopic (exact) mass is 485 g/mol. The van der Waals surface area contributed by atoms with Gasteiger partial charge >= 0.3 is 0 Å². The second-order valence-corrected chi connectivity index (χ2v) is 9.06. The molecule has 0 aliphatic heterocycles. The Hall–Kier alpha value is -3.78. The Labute approximate surface area is 208 Å². The van der Waals surface area contributed by atoms with E-state index in [2.05, 4.69) is 32.4 Å². The molecule has 0 atom stereocenters. The van der Waals surface area contributed by atoms with Crippen LogP contribution in [0.5, 0.6) is 5.75 Å². The van der Waals surface area contributed by atoms with Gasteiger partial charge in [-0.3, -0.25) is 4.79 Å². The van der Waals surface area contributed by atoms with Crippen LogP contribution >= 0.6 is 11.3 Å². The Morgan fingerprint density at radius 3 is 2.09 bits per heavy atom. The number of unbranched alkanes of at least 4 members (excludes halogenated alkanes) is 3. The highest BCUT2D eigenvalue weighted by molar-refractivity contribution is 7.21. The van der Waals surface area contributed by atoms with Crippen LogP contribution in [-0.4, -0.2) is 17.4 Å². The van der Waals surface area contributed by atoms with Gasteiger partial charge in [0.15, 0.2) is 5.78 Å². The molecule has 0 spiro atoms. The van der Waals surface area contributed by atoms with Crippen LogP contribution in [0, 0.1) is 0 Å². The van der Waals surface area contributed by atoms with E-state index in [9.17, 15) is 4.79 Å². The zero-order chi connectivity index (χ0) is 24.5. The van der Waals surface area contributed by atoms with Gasteiger partial charge in [-0.05, 0) is 80.1 Å². The number of hydrogen-bond acceptors (Lipinski definition) is 8. The van der Waals surface area contributed by atoms with E-state index in [1.807, 2.05) is 60.7 Å². The molecular formula is C27H27N5O2S. The highest BCUT2D eigenvalue weighted by Crippen LogP contribution is 2.31. The zero-order valence-corrected chi connectivity index (χ0v) is 20.7. The predicted octanol–water partition coefficient (Wildman–Crippen LogP) is 9.29. The van der Waals surface area contributed by atoms with Gasteiger partial charge in [-0.15, -0.1) is 10.2 Å². The van der Waals surface area contributed by atoms with Crippen LogP contribution in [-0.2, 0) is 0 Å². The summed E-state index contributed by atoms with van der Waals surface area (Å²) < 4.78 is 6.67. The van der Waals surface area contributed by atoms with Crippen LogP contribution in [0.4, 0.5) is 22.2 Å². The number of Topliss-reactive ketones (excluding diaryl/α,β-unsaturated/α-hetero) is 1. The molecule has 3 aromatic carbocycles. The number of rotatable bonds is 11. The van der Waals surface area contributed by atoms with Crippen molar-refractivity contribution in [3.05, 3.63) is 72.3 Å². The van der Waals surface area contributed by atoms with Gasteiger partial charge in [-0.1, -0.05) is 37.5 Å². The Morgan fingerprint density at radius 1 is 0.829 bits per heavy atom. The van der Waals surface area contributed by atoms with Crippen molar-refractivity contribution in [3.63, 3.8) is 0 Å². The Bertz CT molecular complexity index is 1330. The van der Waals surface area contributed by atoms with E-state index in [1.54, 1.807) is 13.0 Å². The maximum Gasteiger partial charge on any atom is 0.231 e. The fourth-order valence-corrected chi connectivity index (χ4v) is 4.13. The molecular weight excluding hydrogens is 458 g/mol. The number of carbonyl (C=O) groups excluding carboxylic acids is 1. The zero-order valence-electron chi connectivity index (χ0n) is 19.8. The van der Waals surface area contributed by atoms with Crippen LogP contribution < -0.4 is 4.74 Å². The molecule has 35 heavy (non-hydrogen) atoms. The minimum absolute atomic E-state index is 0.0277. The number of hydrogen-bond donors (Lipinski definition) is 0. The molecule has 0 bridgehead atoms. The highest BCUT2D eigenvalue weighted by Gasteiger charge is 2.06. The maximum atomic E-state index is 11.6. The van der Waals surface area contributed by atoms with Gasteiger partial charge in [0.2, 0.25) is 5.13 Å². The second-order valence-electron chi connectivity index (χ2n) is 8.05. The number of fused-ring (bicyclic) bond motifs is 1. The second kappa shape index (κ2) is 12.1. The molecule has 1 aromatic heterocycles. The number of aromatic nitrogens is 1. The molecule has 0 aliphatic rings. The minimum atomic E-state index is 0.0277. The third-order valence-corrected chi connectivity index (χ3v) is 6.17.